The van der Waals surface area contributed by atoms with E-state index in [9.17, 15) is 9.59 Å². The first kappa shape index (κ1) is 21.1. The number of likely N-dealkylation sites (tertiary alicyclic amines) is 1. The molecule has 1 N–H and O–H groups in total. The minimum Gasteiger partial charge on any atom is -0.339 e. The summed E-state index contributed by atoms with van der Waals surface area (Å²) in [4.78, 5) is 27.4. The van der Waals surface area contributed by atoms with Crippen LogP contribution in [-0.4, -0.2) is 29.8 Å². The Bertz CT molecular complexity index is 1070. The van der Waals surface area contributed by atoms with Gasteiger partial charge in [0.1, 0.15) is 0 Å². The molecule has 1 saturated heterocycles. The third kappa shape index (κ3) is 4.97. The number of nitrogens with zero attached hydrogens (tertiary/aromatic N) is 1. The highest BCUT2D eigenvalue weighted by molar-refractivity contribution is 6.31. The molecule has 1 aliphatic heterocycles. The van der Waals surface area contributed by atoms with Crippen molar-refractivity contribution in [3.8, 4) is 11.1 Å². The Kier molecular flexibility index (Phi) is 6.38. The van der Waals surface area contributed by atoms with Crippen LogP contribution in [0.2, 0.25) is 5.02 Å². The van der Waals surface area contributed by atoms with Crippen molar-refractivity contribution in [1.82, 2.24) is 4.90 Å². The molecule has 4 nitrogen and oxygen atoms in total. The fraction of sp³-hybridized carbons (Fsp3) is 0.231. The van der Waals surface area contributed by atoms with Crippen LogP contribution >= 0.6 is 11.6 Å². The molecule has 158 valence electrons. The lowest BCUT2D eigenvalue weighted by atomic mass is 9.95. The zero-order valence-corrected chi connectivity index (χ0v) is 18.2. The first-order valence-corrected chi connectivity index (χ1v) is 10.9. The molecule has 0 aliphatic carbocycles. The number of piperidine rings is 1. The minimum absolute atomic E-state index is 0.0146. The van der Waals surface area contributed by atoms with E-state index in [4.69, 9.17) is 11.6 Å². The predicted octanol–water partition coefficient (Wildman–Crippen LogP) is 5.81. The van der Waals surface area contributed by atoms with Crippen LogP contribution in [0.4, 0.5) is 5.69 Å². The molecule has 3 aromatic carbocycles. The van der Waals surface area contributed by atoms with E-state index in [0.717, 1.165) is 16.7 Å². The van der Waals surface area contributed by atoms with Gasteiger partial charge in [-0.15, -0.1) is 0 Å². The maximum absolute atomic E-state index is 12.9. The lowest BCUT2D eigenvalue weighted by Crippen LogP contribution is -2.41. The van der Waals surface area contributed by atoms with Crippen molar-refractivity contribution in [3.05, 3.63) is 88.9 Å². The summed E-state index contributed by atoms with van der Waals surface area (Å²) < 4.78 is 0. The summed E-state index contributed by atoms with van der Waals surface area (Å²) in [6.07, 6.45) is 1.30. The van der Waals surface area contributed by atoms with E-state index >= 15 is 0 Å². The van der Waals surface area contributed by atoms with E-state index in [-0.39, 0.29) is 17.7 Å². The summed E-state index contributed by atoms with van der Waals surface area (Å²) in [5.74, 6) is -0.104. The van der Waals surface area contributed by atoms with Crippen molar-refractivity contribution >= 4 is 29.1 Å². The van der Waals surface area contributed by atoms with Gasteiger partial charge in [-0.05, 0) is 60.7 Å². The van der Waals surface area contributed by atoms with Crippen LogP contribution in [0.1, 0.15) is 28.8 Å². The lowest BCUT2D eigenvalue weighted by molar-refractivity contribution is -0.121. The normalized spacial score (nSPS) is 14.3. The Morgan fingerprint density at radius 1 is 0.903 bits per heavy atom. The van der Waals surface area contributed by atoms with Crippen LogP contribution in [0.3, 0.4) is 0 Å². The van der Waals surface area contributed by atoms with Crippen LogP contribution in [0, 0.1) is 12.8 Å². The van der Waals surface area contributed by atoms with Crippen LogP contribution in [-0.2, 0) is 4.79 Å². The molecule has 0 radical (unpaired) electrons. The predicted molar refractivity (Wildman–Crippen MR) is 125 cm³/mol. The number of carbonyl (C=O) groups excluding carboxylic acids is 2. The van der Waals surface area contributed by atoms with Gasteiger partial charge in [-0.1, -0.05) is 60.1 Å². The van der Waals surface area contributed by atoms with E-state index < -0.39 is 0 Å². The summed E-state index contributed by atoms with van der Waals surface area (Å²) >= 11 is 6.14. The van der Waals surface area contributed by atoms with Gasteiger partial charge < -0.3 is 10.2 Å². The van der Waals surface area contributed by atoms with E-state index in [1.165, 1.54) is 0 Å². The molecular weight excluding hydrogens is 408 g/mol. The fourth-order valence-electron chi connectivity index (χ4n) is 3.88. The second-order valence-corrected chi connectivity index (χ2v) is 8.37. The van der Waals surface area contributed by atoms with Crippen LogP contribution in [0.5, 0.6) is 0 Å². The number of hydrogen-bond acceptors (Lipinski definition) is 2. The van der Waals surface area contributed by atoms with E-state index in [0.29, 0.717) is 42.2 Å². The second-order valence-electron chi connectivity index (χ2n) is 7.96. The first-order chi connectivity index (χ1) is 15.0. The van der Waals surface area contributed by atoms with Gasteiger partial charge in [0, 0.05) is 35.3 Å². The number of nitrogens with one attached hydrogen (secondary N) is 1. The molecule has 0 atom stereocenters. The summed E-state index contributed by atoms with van der Waals surface area (Å²) in [6.45, 7) is 3.08. The highest BCUT2D eigenvalue weighted by Gasteiger charge is 2.28. The molecule has 3 aromatic rings. The Morgan fingerprint density at radius 2 is 1.55 bits per heavy atom. The van der Waals surface area contributed by atoms with Gasteiger partial charge >= 0.3 is 0 Å². The van der Waals surface area contributed by atoms with E-state index in [1.807, 2.05) is 66.4 Å². The van der Waals surface area contributed by atoms with Gasteiger partial charge in [0.15, 0.2) is 0 Å². The zero-order valence-electron chi connectivity index (χ0n) is 17.5. The second kappa shape index (κ2) is 9.36. The Morgan fingerprint density at radius 3 is 2.19 bits per heavy atom. The summed E-state index contributed by atoms with van der Waals surface area (Å²) in [7, 11) is 0. The topological polar surface area (TPSA) is 49.4 Å². The highest BCUT2D eigenvalue weighted by Crippen LogP contribution is 2.25. The lowest BCUT2D eigenvalue weighted by Gasteiger charge is -2.31. The monoisotopic (exact) mass is 432 g/mol. The number of hydrogen-bond donors (Lipinski definition) is 1. The standard InChI is InChI=1S/C26H25ClN2O2/c1-18-7-12-23(17-24(18)27)28-25(30)21-13-15-29(16-14-21)26(31)22-10-8-20(9-11-22)19-5-3-2-4-6-19/h2-12,17,21H,13-16H2,1H3,(H,28,30). The van der Waals surface area contributed by atoms with Crippen LogP contribution in [0.15, 0.2) is 72.8 Å². The first-order valence-electron chi connectivity index (χ1n) is 10.5. The molecule has 5 heteroatoms. The molecular formula is C26H25ClN2O2. The maximum atomic E-state index is 12.9. The smallest absolute Gasteiger partial charge is 0.253 e. The third-order valence-corrected chi connectivity index (χ3v) is 6.24. The number of halogens is 1. The Balaban J connectivity index is 1.33. The number of amides is 2. The SMILES string of the molecule is Cc1ccc(NC(=O)C2CCN(C(=O)c3ccc(-c4ccccc4)cc3)CC2)cc1Cl. The molecule has 0 aromatic heterocycles. The van der Waals surface area contributed by atoms with Gasteiger partial charge in [0.2, 0.25) is 5.91 Å². The summed E-state index contributed by atoms with van der Waals surface area (Å²) in [5, 5.41) is 3.59. The summed E-state index contributed by atoms with van der Waals surface area (Å²) in [5.41, 5.74) is 4.57. The van der Waals surface area contributed by atoms with Gasteiger partial charge in [-0.25, -0.2) is 0 Å². The molecule has 4 rings (SSSR count). The average molecular weight is 433 g/mol. The molecule has 1 heterocycles. The van der Waals surface area contributed by atoms with E-state index in [2.05, 4.69) is 17.4 Å². The average Bonchev–Trinajstić information content (AvgIpc) is 2.82. The molecule has 31 heavy (non-hydrogen) atoms. The number of carbonyl (C=O) groups is 2. The molecule has 2 amide bonds. The highest BCUT2D eigenvalue weighted by atomic mass is 35.5. The Labute approximate surface area is 187 Å². The number of aryl methyl sites for hydroxylation is 1. The van der Waals surface area contributed by atoms with Crippen molar-refractivity contribution in [2.75, 3.05) is 18.4 Å². The molecule has 0 unspecified atom stereocenters. The van der Waals surface area contributed by atoms with Gasteiger partial charge in [0.05, 0.1) is 0 Å². The minimum atomic E-state index is -0.107. The third-order valence-electron chi connectivity index (χ3n) is 5.83. The number of benzene rings is 3. The van der Waals surface area contributed by atoms with Gasteiger partial charge in [-0.2, -0.15) is 0 Å². The summed E-state index contributed by atoms with van der Waals surface area (Å²) in [6, 6.07) is 23.3. The largest absolute Gasteiger partial charge is 0.339 e. The zero-order chi connectivity index (χ0) is 21.8. The van der Waals surface area contributed by atoms with Crippen LogP contribution in [0.25, 0.3) is 11.1 Å². The van der Waals surface area contributed by atoms with Gasteiger partial charge in [-0.3, -0.25) is 9.59 Å². The maximum Gasteiger partial charge on any atom is 0.253 e. The van der Waals surface area contributed by atoms with Crippen molar-refractivity contribution in [1.29, 1.82) is 0 Å². The van der Waals surface area contributed by atoms with Crippen molar-refractivity contribution in [2.45, 2.75) is 19.8 Å². The van der Waals surface area contributed by atoms with Crippen molar-refractivity contribution in [3.63, 3.8) is 0 Å². The van der Waals surface area contributed by atoms with Crippen molar-refractivity contribution in [2.24, 2.45) is 5.92 Å². The van der Waals surface area contributed by atoms with Crippen LogP contribution < -0.4 is 5.32 Å². The number of anilines is 1. The van der Waals surface area contributed by atoms with Crippen molar-refractivity contribution < 1.29 is 9.59 Å². The molecule has 1 fully saturated rings. The quantitative estimate of drug-likeness (QED) is 0.565. The molecule has 0 saturated carbocycles. The molecule has 0 spiro atoms. The Hall–Kier alpha value is -3.11. The fourth-order valence-corrected chi connectivity index (χ4v) is 4.06. The van der Waals surface area contributed by atoms with E-state index in [1.54, 1.807) is 6.07 Å². The van der Waals surface area contributed by atoms with Gasteiger partial charge in [0.25, 0.3) is 5.91 Å². The molecule has 1 aliphatic rings. The number of rotatable bonds is 4. The molecule has 0 bridgehead atoms.